The van der Waals surface area contributed by atoms with Gasteiger partial charge >= 0.3 is 0 Å². The van der Waals surface area contributed by atoms with E-state index in [-0.39, 0.29) is 5.91 Å². The van der Waals surface area contributed by atoms with Crippen LogP contribution < -0.4 is 10.6 Å². The molecule has 1 aromatic rings. The van der Waals surface area contributed by atoms with Gasteiger partial charge in [-0.25, -0.2) is 0 Å². The van der Waals surface area contributed by atoms with E-state index < -0.39 is 0 Å². The summed E-state index contributed by atoms with van der Waals surface area (Å²) in [5, 5.41) is 6.12. The lowest BCUT2D eigenvalue weighted by Gasteiger charge is -2.28. The van der Waals surface area contributed by atoms with E-state index in [0.29, 0.717) is 11.6 Å². The van der Waals surface area contributed by atoms with E-state index in [1.807, 2.05) is 24.3 Å². The summed E-state index contributed by atoms with van der Waals surface area (Å²) in [5.41, 5.74) is 1.80. The Hall–Kier alpha value is -1.51. The third kappa shape index (κ3) is 3.25. The summed E-state index contributed by atoms with van der Waals surface area (Å²) in [7, 11) is 1.65. The number of benzene rings is 1. The predicted octanol–water partition coefficient (Wildman–Crippen LogP) is 3.04. The van der Waals surface area contributed by atoms with Crippen molar-refractivity contribution in [1.82, 2.24) is 5.32 Å². The Morgan fingerprint density at radius 1 is 1.33 bits per heavy atom. The van der Waals surface area contributed by atoms with Crippen molar-refractivity contribution in [3.63, 3.8) is 0 Å². The molecule has 0 aromatic heterocycles. The lowest BCUT2D eigenvalue weighted by molar-refractivity contribution is 0.0963. The number of carbonyl (C=O) groups is 1. The van der Waals surface area contributed by atoms with Crippen LogP contribution in [-0.2, 0) is 0 Å². The molecule has 0 bridgehead atoms. The van der Waals surface area contributed by atoms with E-state index in [0.717, 1.165) is 11.6 Å². The van der Waals surface area contributed by atoms with Crippen LogP contribution in [-0.4, -0.2) is 19.0 Å². The first-order valence-electron chi connectivity index (χ1n) is 6.77. The molecule has 3 heteroatoms. The molecule has 1 fully saturated rings. The van der Waals surface area contributed by atoms with Gasteiger partial charge in [0.2, 0.25) is 0 Å². The van der Waals surface area contributed by atoms with E-state index in [9.17, 15) is 4.79 Å². The minimum absolute atomic E-state index is 0.0379. The highest BCUT2D eigenvalue weighted by Crippen LogP contribution is 2.31. The second-order valence-corrected chi connectivity index (χ2v) is 5.23. The number of hydrogen-bond donors (Lipinski definition) is 2. The molecule has 1 aliphatic rings. The van der Waals surface area contributed by atoms with E-state index >= 15 is 0 Å². The van der Waals surface area contributed by atoms with Gasteiger partial charge in [0.1, 0.15) is 0 Å². The van der Waals surface area contributed by atoms with Gasteiger partial charge in [0.15, 0.2) is 0 Å². The summed E-state index contributed by atoms with van der Waals surface area (Å²) < 4.78 is 0. The number of nitrogens with one attached hydrogen (secondary N) is 2. The predicted molar refractivity (Wildman–Crippen MR) is 74.9 cm³/mol. The molecule has 1 aliphatic carbocycles. The second-order valence-electron chi connectivity index (χ2n) is 5.23. The fourth-order valence-corrected chi connectivity index (χ4v) is 2.43. The molecular formula is C15H22N2O. The molecule has 0 spiro atoms. The Kier molecular flexibility index (Phi) is 4.24. The Labute approximate surface area is 109 Å². The molecule has 2 N–H and O–H groups in total. The molecular weight excluding hydrogens is 224 g/mol. The quantitative estimate of drug-likeness (QED) is 0.838. The van der Waals surface area contributed by atoms with Crippen molar-refractivity contribution in [2.75, 3.05) is 12.4 Å². The zero-order chi connectivity index (χ0) is 13.0. The molecule has 1 aromatic carbocycles. The Bertz CT molecular complexity index is 395. The highest BCUT2D eigenvalue weighted by atomic mass is 16.1. The first-order valence-corrected chi connectivity index (χ1v) is 6.77. The third-order valence-corrected chi connectivity index (χ3v) is 3.70. The van der Waals surface area contributed by atoms with E-state index in [1.165, 1.54) is 25.7 Å². The molecule has 0 radical (unpaired) electrons. The highest BCUT2D eigenvalue weighted by molar-refractivity contribution is 5.94. The van der Waals surface area contributed by atoms with Gasteiger partial charge in [-0.05, 0) is 43.5 Å². The molecule has 1 saturated carbocycles. The van der Waals surface area contributed by atoms with Gasteiger partial charge < -0.3 is 10.6 Å². The third-order valence-electron chi connectivity index (χ3n) is 3.70. The standard InChI is InChI=1S/C15H22N2O/c1-11(10-12-4-3-5-12)17-14-8-6-13(7-9-14)15(18)16-2/h6-9,11-12,17H,3-5,10H2,1-2H3,(H,16,18). The summed E-state index contributed by atoms with van der Waals surface area (Å²) >= 11 is 0. The van der Waals surface area contributed by atoms with Crippen LogP contribution in [0.1, 0.15) is 43.0 Å². The molecule has 0 aliphatic heterocycles. The van der Waals surface area contributed by atoms with Crippen LogP contribution in [0.5, 0.6) is 0 Å². The summed E-state index contributed by atoms with van der Waals surface area (Å²) in [4.78, 5) is 11.4. The van der Waals surface area contributed by atoms with Crippen molar-refractivity contribution in [2.45, 2.75) is 38.6 Å². The first-order chi connectivity index (χ1) is 8.69. The SMILES string of the molecule is CNC(=O)c1ccc(NC(C)CC2CCC2)cc1. The van der Waals surface area contributed by atoms with Gasteiger partial charge in [-0.1, -0.05) is 19.3 Å². The van der Waals surface area contributed by atoms with Crippen molar-refractivity contribution in [3.8, 4) is 0 Å². The van der Waals surface area contributed by atoms with Crippen LogP contribution in [0.4, 0.5) is 5.69 Å². The first kappa shape index (κ1) is 12.9. The molecule has 0 saturated heterocycles. The molecule has 1 amide bonds. The molecule has 3 nitrogen and oxygen atoms in total. The molecule has 0 heterocycles. The minimum atomic E-state index is -0.0379. The van der Waals surface area contributed by atoms with Crippen LogP contribution in [0.25, 0.3) is 0 Å². The maximum atomic E-state index is 11.4. The summed E-state index contributed by atoms with van der Waals surface area (Å²) in [5.74, 6) is 0.877. The van der Waals surface area contributed by atoms with E-state index in [4.69, 9.17) is 0 Å². The van der Waals surface area contributed by atoms with Gasteiger partial charge in [0, 0.05) is 24.3 Å². The van der Waals surface area contributed by atoms with E-state index in [2.05, 4.69) is 17.6 Å². The maximum absolute atomic E-state index is 11.4. The number of rotatable bonds is 5. The Morgan fingerprint density at radius 3 is 2.50 bits per heavy atom. The van der Waals surface area contributed by atoms with Crippen molar-refractivity contribution < 1.29 is 4.79 Å². The van der Waals surface area contributed by atoms with Gasteiger partial charge in [0.05, 0.1) is 0 Å². The molecule has 1 atom stereocenters. The van der Waals surface area contributed by atoms with Gasteiger partial charge in [0.25, 0.3) is 5.91 Å². The van der Waals surface area contributed by atoms with Crippen molar-refractivity contribution in [3.05, 3.63) is 29.8 Å². The Balaban J connectivity index is 1.86. The summed E-state index contributed by atoms with van der Waals surface area (Å²) in [6.45, 7) is 2.23. The number of hydrogen-bond acceptors (Lipinski definition) is 2. The highest BCUT2D eigenvalue weighted by Gasteiger charge is 2.19. The lowest BCUT2D eigenvalue weighted by Crippen LogP contribution is -2.23. The van der Waals surface area contributed by atoms with Crippen molar-refractivity contribution in [2.24, 2.45) is 5.92 Å². The molecule has 98 valence electrons. The Morgan fingerprint density at radius 2 is 2.00 bits per heavy atom. The fourth-order valence-electron chi connectivity index (χ4n) is 2.43. The average Bonchev–Trinajstić information content (AvgIpc) is 2.34. The molecule has 1 unspecified atom stereocenters. The van der Waals surface area contributed by atoms with Crippen LogP contribution in [0, 0.1) is 5.92 Å². The fraction of sp³-hybridized carbons (Fsp3) is 0.533. The second kappa shape index (κ2) is 5.89. The topological polar surface area (TPSA) is 41.1 Å². The van der Waals surface area contributed by atoms with Crippen molar-refractivity contribution in [1.29, 1.82) is 0 Å². The molecule has 2 rings (SSSR count). The zero-order valence-electron chi connectivity index (χ0n) is 11.2. The monoisotopic (exact) mass is 246 g/mol. The van der Waals surface area contributed by atoms with Crippen LogP contribution in [0.2, 0.25) is 0 Å². The van der Waals surface area contributed by atoms with E-state index in [1.54, 1.807) is 7.05 Å². The van der Waals surface area contributed by atoms with Gasteiger partial charge in [-0.3, -0.25) is 4.79 Å². The van der Waals surface area contributed by atoms with Crippen molar-refractivity contribution >= 4 is 11.6 Å². The number of carbonyl (C=O) groups excluding carboxylic acids is 1. The summed E-state index contributed by atoms with van der Waals surface area (Å²) in [6, 6.07) is 8.17. The normalized spacial score (nSPS) is 16.8. The van der Waals surface area contributed by atoms with Gasteiger partial charge in [-0.2, -0.15) is 0 Å². The maximum Gasteiger partial charge on any atom is 0.251 e. The number of anilines is 1. The zero-order valence-corrected chi connectivity index (χ0v) is 11.2. The molecule has 18 heavy (non-hydrogen) atoms. The van der Waals surface area contributed by atoms with Crippen LogP contribution in [0.15, 0.2) is 24.3 Å². The van der Waals surface area contributed by atoms with Crippen LogP contribution in [0.3, 0.4) is 0 Å². The summed E-state index contributed by atoms with van der Waals surface area (Å²) in [6.07, 6.45) is 5.43. The average molecular weight is 246 g/mol. The van der Waals surface area contributed by atoms with Gasteiger partial charge in [-0.15, -0.1) is 0 Å². The largest absolute Gasteiger partial charge is 0.383 e. The number of amides is 1. The smallest absolute Gasteiger partial charge is 0.251 e. The minimum Gasteiger partial charge on any atom is -0.383 e. The van der Waals surface area contributed by atoms with Crippen LogP contribution >= 0.6 is 0 Å². The lowest BCUT2D eigenvalue weighted by atomic mass is 9.81.